The van der Waals surface area contributed by atoms with Crippen LogP contribution in [0.15, 0.2) is 0 Å². The lowest BCUT2D eigenvalue weighted by molar-refractivity contribution is 0.162. The predicted octanol–water partition coefficient (Wildman–Crippen LogP) is 1.50. The zero-order valence-corrected chi connectivity index (χ0v) is 9.43. The molecule has 1 heterocycles. The molecule has 0 saturated carbocycles. The van der Waals surface area contributed by atoms with Gasteiger partial charge in [-0.25, -0.2) is 4.79 Å². The van der Waals surface area contributed by atoms with E-state index in [1.165, 1.54) is 5.75 Å². The molecule has 1 atom stereocenters. The molecule has 0 N–H and O–H groups in total. The van der Waals surface area contributed by atoms with Gasteiger partial charge >= 0.3 is 6.03 Å². The van der Waals surface area contributed by atoms with Crippen molar-refractivity contribution in [3.63, 3.8) is 0 Å². The number of urea groups is 1. The zero-order valence-electron chi connectivity index (χ0n) is 8.62. The minimum absolute atomic E-state index is 0.148. The van der Waals surface area contributed by atoms with Crippen LogP contribution in [0.4, 0.5) is 4.79 Å². The molecule has 3 nitrogen and oxygen atoms in total. The fourth-order valence-electron chi connectivity index (χ4n) is 1.39. The van der Waals surface area contributed by atoms with Gasteiger partial charge in [-0.2, -0.15) is 11.8 Å². The van der Waals surface area contributed by atoms with E-state index in [0.717, 1.165) is 18.7 Å². The summed E-state index contributed by atoms with van der Waals surface area (Å²) < 4.78 is 0. The third kappa shape index (κ3) is 2.53. The van der Waals surface area contributed by atoms with Gasteiger partial charge in [0.2, 0.25) is 0 Å². The van der Waals surface area contributed by atoms with E-state index in [9.17, 15) is 4.79 Å². The summed E-state index contributed by atoms with van der Waals surface area (Å²) in [5.74, 6) is 2.29. The first-order valence-electron chi connectivity index (χ1n) is 4.72. The second-order valence-electron chi connectivity index (χ2n) is 3.43. The number of carbonyl (C=O) groups is 1. The predicted molar refractivity (Wildman–Crippen MR) is 57.2 cm³/mol. The van der Waals surface area contributed by atoms with Gasteiger partial charge in [0.25, 0.3) is 0 Å². The molecule has 76 valence electrons. The van der Waals surface area contributed by atoms with E-state index < -0.39 is 0 Å². The summed E-state index contributed by atoms with van der Waals surface area (Å²) in [6, 6.07) is 0.599. The topological polar surface area (TPSA) is 23.6 Å². The van der Waals surface area contributed by atoms with Crippen molar-refractivity contribution in [1.82, 2.24) is 9.80 Å². The lowest BCUT2D eigenvalue weighted by Gasteiger charge is -2.28. The summed E-state index contributed by atoms with van der Waals surface area (Å²) >= 11 is 1.93. The van der Waals surface area contributed by atoms with E-state index in [4.69, 9.17) is 0 Å². The number of nitrogens with zero attached hydrogens (tertiary/aromatic N) is 2. The molecule has 1 aliphatic rings. The van der Waals surface area contributed by atoms with Gasteiger partial charge in [0.15, 0.2) is 0 Å². The van der Waals surface area contributed by atoms with Crippen LogP contribution < -0.4 is 0 Å². The summed E-state index contributed by atoms with van der Waals surface area (Å²) in [5.41, 5.74) is 0. The molecule has 1 aliphatic heterocycles. The Labute approximate surface area is 84.5 Å². The lowest BCUT2D eigenvalue weighted by atomic mass is 10.2. The van der Waals surface area contributed by atoms with Crippen molar-refractivity contribution in [2.45, 2.75) is 19.4 Å². The summed E-state index contributed by atoms with van der Waals surface area (Å²) in [6.07, 6.45) is 1.14. The fraction of sp³-hybridized carbons (Fsp3) is 0.889. The molecular formula is C9H18N2OS. The Kier molecular flexibility index (Phi) is 3.90. The molecule has 0 aliphatic carbocycles. The van der Waals surface area contributed by atoms with E-state index in [-0.39, 0.29) is 6.03 Å². The number of hydrogen-bond donors (Lipinski definition) is 0. The van der Waals surface area contributed by atoms with E-state index in [1.54, 1.807) is 4.90 Å². The third-order valence-corrected chi connectivity index (χ3v) is 3.70. The largest absolute Gasteiger partial charge is 0.328 e. The van der Waals surface area contributed by atoms with E-state index >= 15 is 0 Å². The molecular weight excluding hydrogens is 184 g/mol. The molecule has 0 spiro atoms. The third-order valence-electron chi connectivity index (χ3n) is 2.56. The van der Waals surface area contributed by atoms with Crippen LogP contribution >= 0.6 is 11.8 Å². The molecule has 1 rings (SSSR count). The fourth-order valence-corrected chi connectivity index (χ4v) is 2.66. The van der Waals surface area contributed by atoms with Gasteiger partial charge in [0.05, 0.1) is 0 Å². The highest BCUT2D eigenvalue weighted by atomic mass is 32.2. The maximum atomic E-state index is 11.7. The highest BCUT2D eigenvalue weighted by molar-refractivity contribution is 7.99. The van der Waals surface area contributed by atoms with E-state index in [0.29, 0.717) is 6.04 Å². The van der Waals surface area contributed by atoms with Crippen molar-refractivity contribution in [2.75, 3.05) is 32.1 Å². The van der Waals surface area contributed by atoms with E-state index in [2.05, 4.69) is 0 Å². The van der Waals surface area contributed by atoms with Crippen LogP contribution in [0.5, 0.6) is 0 Å². The van der Waals surface area contributed by atoms with Crippen LogP contribution in [0.3, 0.4) is 0 Å². The molecule has 2 amide bonds. The molecule has 1 unspecified atom stereocenters. The Morgan fingerprint density at radius 2 is 2.23 bits per heavy atom. The zero-order chi connectivity index (χ0) is 9.84. The maximum Gasteiger partial charge on any atom is 0.319 e. The second-order valence-corrected chi connectivity index (χ2v) is 4.57. The van der Waals surface area contributed by atoms with E-state index in [1.807, 2.05) is 37.7 Å². The minimum atomic E-state index is 0.148. The van der Waals surface area contributed by atoms with Crippen molar-refractivity contribution in [3.05, 3.63) is 0 Å². The Morgan fingerprint density at radius 1 is 1.54 bits per heavy atom. The van der Waals surface area contributed by atoms with Crippen molar-refractivity contribution in [2.24, 2.45) is 0 Å². The average molecular weight is 202 g/mol. The number of rotatable bonds is 2. The molecule has 0 radical (unpaired) electrons. The Balaban J connectivity index is 2.45. The highest BCUT2D eigenvalue weighted by Gasteiger charge is 2.24. The standard InChI is InChI=1S/C9H18N2OS/c1-4-10(2)9(12)11(3)8-5-6-13-7-8/h8H,4-7H2,1-3H3. The van der Waals surface area contributed by atoms with Gasteiger partial charge in [-0.05, 0) is 19.1 Å². The Hall–Kier alpha value is -0.380. The van der Waals surface area contributed by atoms with Crippen LogP contribution in [0.1, 0.15) is 13.3 Å². The number of amides is 2. The highest BCUT2D eigenvalue weighted by Crippen LogP contribution is 2.21. The summed E-state index contributed by atoms with van der Waals surface area (Å²) in [4.78, 5) is 15.3. The van der Waals surface area contributed by atoms with Crippen LogP contribution in [0, 0.1) is 0 Å². The molecule has 0 aromatic carbocycles. The summed E-state index contributed by atoms with van der Waals surface area (Å²) in [6.45, 7) is 2.78. The SMILES string of the molecule is CCN(C)C(=O)N(C)C1CCSC1. The quantitative estimate of drug-likeness (QED) is 0.677. The van der Waals surface area contributed by atoms with Gasteiger partial charge in [0.1, 0.15) is 0 Å². The van der Waals surface area contributed by atoms with Gasteiger partial charge in [0, 0.05) is 32.4 Å². The van der Waals surface area contributed by atoms with Crippen molar-refractivity contribution in [1.29, 1.82) is 0 Å². The molecule has 4 heteroatoms. The minimum Gasteiger partial charge on any atom is -0.328 e. The van der Waals surface area contributed by atoms with Crippen molar-refractivity contribution >= 4 is 17.8 Å². The van der Waals surface area contributed by atoms with Crippen LogP contribution in [-0.4, -0.2) is 54.0 Å². The Morgan fingerprint density at radius 3 is 2.69 bits per heavy atom. The first-order chi connectivity index (χ1) is 6.16. The first-order valence-corrected chi connectivity index (χ1v) is 5.88. The number of hydrogen-bond acceptors (Lipinski definition) is 2. The van der Waals surface area contributed by atoms with Crippen molar-refractivity contribution in [3.8, 4) is 0 Å². The average Bonchev–Trinajstić information content (AvgIpc) is 2.67. The molecule has 0 bridgehead atoms. The smallest absolute Gasteiger partial charge is 0.319 e. The molecule has 1 saturated heterocycles. The number of thioether (sulfide) groups is 1. The molecule has 1 fully saturated rings. The molecule has 0 aromatic rings. The normalized spacial score (nSPS) is 21.6. The van der Waals surface area contributed by atoms with Gasteiger partial charge < -0.3 is 9.80 Å². The summed E-state index contributed by atoms with van der Waals surface area (Å²) in [7, 11) is 3.76. The monoisotopic (exact) mass is 202 g/mol. The Bertz CT molecular complexity index is 180. The lowest BCUT2D eigenvalue weighted by Crippen LogP contribution is -2.44. The van der Waals surface area contributed by atoms with Crippen LogP contribution in [-0.2, 0) is 0 Å². The van der Waals surface area contributed by atoms with Gasteiger partial charge in [-0.1, -0.05) is 0 Å². The molecule has 0 aromatic heterocycles. The summed E-state index contributed by atoms with van der Waals surface area (Å²) in [5, 5.41) is 0. The molecule has 13 heavy (non-hydrogen) atoms. The van der Waals surface area contributed by atoms with Gasteiger partial charge in [-0.3, -0.25) is 0 Å². The van der Waals surface area contributed by atoms with Crippen molar-refractivity contribution < 1.29 is 4.79 Å². The van der Waals surface area contributed by atoms with Gasteiger partial charge in [-0.15, -0.1) is 0 Å². The van der Waals surface area contributed by atoms with Crippen LogP contribution in [0.25, 0.3) is 0 Å². The van der Waals surface area contributed by atoms with Crippen LogP contribution in [0.2, 0.25) is 0 Å². The maximum absolute atomic E-state index is 11.7. The first kappa shape index (κ1) is 10.7. The number of carbonyl (C=O) groups excluding carboxylic acids is 1. The second kappa shape index (κ2) is 4.74.